The molecule has 1 aromatic rings. The summed E-state index contributed by atoms with van der Waals surface area (Å²) in [5.41, 5.74) is 1.34. The van der Waals surface area contributed by atoms with Crippen LogP contribution in [0.3, 0.4) is 0 Å². The van der Waals surface area contributed by atoms with Crippen LogP contribution in [0.15, 0.2) is 18.2 Å². The second kappa shape index (κ2) is 6.88. The fourth-order valence-corrected chi connectivity index (χ4v) is 2.69. The second-order valence-corrected chi connectivity index (χ2v) is 5.79. The molecule has 2 nitrogen and oxygen atoms in total. The van der Waals surface area contributed by atoms with E-state index in [1.807, 2.05) is 6.07 Å². The Labute approximate surface area is 120 Å². The number of benzene rings is 1. The molecular weight excluding hydrogens is 253 g/mol. The van der Waals surface area contributed by atoms with E-state index in [0.717, 1.165) is 24.6 Å². The van der Waals surface area contributed by atoms with Gasteiger partial charge in [-0.1, -0.05) is 31.8 Å². The van der Waals surface area contributed by atoms with E-state index in [9.17, 15) is 4.39 Å². The van der Waals surface area contributed by atoms with Gasteiger partial charge >= 0.3 is 0 Å². The van der Waals surface area contributed by atoms with Crippen molar-refractivity contribution >= 4 is 0 Å². The first-order valence-electron chi connectivity index (χ1n) is 7.20. The summed E-state index contributed by atoms with van der Waals surface area (Å²) in [6.45, 7) is 7.08. The number of hydrogen-bond acceptors (Lipinski definition) is 2. The van der Waals surface area contributed by atoms with Crippen LogP contribution in [-0.2, 0) is 6.54 Å². The summed E-state index contributed by atoms with van der Waals surface area (Å²) >= 11 is 0. The van der Waals surface area contributed by atoms with E-state index < -0.39 is 0 Å². The van der Waals surface area contributed by atoms with Crippen molar-refractivity contribution in [2.24, 2.45) is 11.8 Å². The first-order valence-corrected chi connectivity index (χ1v) is 7.20. The summed E-state index contributed by atoms with van der Waals surface area (Å²) in [4.78, 5) is 2.32. The molecule has 0 saturated carbocycles. The van der Waals surface area contributed by atoms with Crippen LogP contribution in [0.5, 0.6) is 0 Å². The number of hydrogen-bond donors (Lipinski definition) is 1. The molecule has 1 aliphatic heterocycles. The van der Waals surface area contributed by atoms with Crippen molar-refractivity contribution in [3.8, 4) is 11.8 Å². The van der Waals surface area contributed by atoms with Gasteiger partial charge in [-0.15, -0.1) is 0 Å². The maximum Gasteiger partial charge on any atom is 0.128 e. The standard InChI is InChI=1S/C17H22FNO/c1-13(2)15-7-8-19(11-15)12-16-6-5-14(4-3-9-20)10-17(16)18/h5-6,10,13,15,20H,7-9,11-12H2,1-2H3. The fourth-order valence-electron chi connectivity index (χ4n) is 2.69. The van der Waals surface area contributed by atoms with Crippen LogP contribution in [0.2, 0.25) is 0 Å². The minimum absolute atomic E-state index is 0.201. The van der Waals surface area contributed by atoms with Gasteiger partial charge in [-0.05, 0) is 36.9 Å². The quantitative estimate of drug-likeness (QED) is 0.857. The van der Waals surface area contributed by atoms with Gasteiger partial charge in [0.1, 0.15) is 12.4 Å². The molecule has 1 saturated heterocycles. The maximum absolute atomic E-state index is 14.0. The molecule has 2 rings (SSSR count). The number of aliphatic hydroxyl groups is 1. The molecule has 0 amide bonds. The van der Waals surface area contributed by atoms with Crippen molar-refractivity contribution in [2.45, 2.75) is 26.8 Å². The Balaban J connectivity index is 2.00. The molecule has 1 N–H and O–H groups in total. The smallest absolute Gasteiger partial charge is 0.128 e. The van der Waals surface area contributed by atoms with Gasteiger partial charge in [-0.25, -0.2) is 4.39 Å². The van der Waals surface area contributed by atoms with Crippen molar-refractivity contribution in [1.29, 1.82) is 0 Å². The minimum atomic E-state index is -0.206. The van der Waals surface area contributed by atoms with E-state index in [4.69, 9.17) is 5.11 Å². The Hall–Kier alpha value is -1.37. The van der Waals surface area contributed by atoms with Crippen LogP contribution < -0.4 is 0 Å². The van der Waals surface area contributed by atoms with E-state index in [1.165, 1.54) is 12.5 Å². The highest BCUT2D eigenvalue weighted by molar-refractivity contribution is 5.37. The summed E-state index contributed by atoms with van der Waals surface area (Å²) in [5.74, 6) is 6.47. The Morgan fingerprint density at radius 2 is 2.25 bits per heavy atom. The van der Waals surface area contributed by atoms with E-state index in [1.54, 1.807) is 6.07 Å². The van der Waals surface area contributed by atoms with Gasteiger partial charge in [0.15, 0.2) is 0 Å². The topological polar surface area (TPSA) is 23.5 Å². The van der Waals surface area contributed by atoms with Crippen LogP contribution in [-0.4, -0.2) is 29.7 Å². The number of likely N-dealkylation sites (tertiary alicyclic amines) is 1. The summed E-state index contributed by atoms with van der Waals surface area (Å²) in [7, 11) is 0. The average Bonchev–Trinajstić information content (AvgIpc) is 2.88. The predicted octanol–water partition coefficient (Wildman–Crippen LogP) is 2.65. The van der Waals surface area contributed by atoms with Gasteiger partial charge in [0.25, 0.3) is 0 Å². The first kappa shape index (κ1) is 15.0. The Bertz CT molecular complexity index is 515. The molecule has 0 spiro atoms. The molecule has 0 aromatic heterocycles. The van der Waals surface area contributed by atoms with Crippen LogP contribution in [0.25, 0.3) is 0 Å². The Morgan fingerprint density at radius 1 is 1.45 bits per heavy atom. The monoisotopic (exact) mass is 275 g/mol. The second-order valence-electron chi connectivity index (χ2n) is 5.79. The third kappa shape index (κ3) is 3.82. The van der Waals surface area contributed by atoms with E-state index in [0.29, 0.717) is 18.0 Å². The molecule has 1 heterocycles. The molecule has 1 unspecified atom stereocenters. The van der Waals surface area contributed by atoms with E-state index in [2.05, 4.69) is 30.6 Å². The lowest BCUT2D eigenvalue weighted by molar-refractivity contribution is 0.293. The molecule has 1 aromatic carbocycles. The van der Waals surface area contributed by atoms with E-state index in [-0.39, 0.29) is 12.4 Å². The lowest BCUT2D eigenvalue weighted by atomic mass is 9.95. The van der Waals surface area contributed by atoms with Crippen LogP contribution in [0.4, 0.5) is 4.39 Å². The zero-order valence-electron chi connectivity index (χ0n) is 12.2. The van der Waals surface area contributed by atoms with Gasteiger partial charge in [0.05, 0.1) is 0 Å². The summed E-state index contributed by atoms with van der Waals surface area (Å²) < 4.78 is 14.0. The minimum Gasteiger partial charge on any atom is -0.384 e. The van der Waals surface area contributed by atoms with Crippen LogP contribution in [0, 0.1) is 29.5 Å². The van der Waals surface area contributed by atoms with Crippen LogP contribution in [0.1, 0.15) is 31.4 Å². The zero-order chi connectivity index (χ0) is 14.5. The molecular formula is C17H22FNO. The lowest BCUT2D eigenvalue weighted by Gasteiger charge is -2.18. The number of rotatable bonds is 3. The molecule has 1 atom stereocenters. The molecule has 0 radical (unpaired) electrons. The third-order valence-corrected chi connectivity index (χ3v) is 4.01. The number of halogens is 1. The zero-order valence-corrected chi connectivity index (χ0v) is 12.2. The summed E-state index contributed by atoms with van der Waals surface area (Å²) in [5, 5.41) is 8.64. The van der Waals surface area contributed by atoms with Crippen LogP contribution >= 0.6 is 0 Å². The predicted molar refractivity (Wildman–Crippen MR) is 78.6 cm³/mol. The average molecular weight is 275 g/mol. The van der Waals surface area contributed by atoms with Gasteiger partial charge in [-0.2, -0.15) is 0 Å². The Kier molecular flexibility index (Phi) is 5.17. The normalized spacial score (nSPS) is 19.1. The molecule has 1 fully saturated rings. The van der Waals surface area contributed by atoms with Gasteiger partial charge in [0, 0.05) is 24.2 Å². The van der Waals surface area contributed by atoms with Crippen molar-refractivity contribution in [3.05, 3.63) is 35.1 Å². The molecule has 0 bridgehead atoms. The molecule has 20 heavy (non-hydrogen) atoms. The van der Waals surface area contributed by atoms with Gasteiger partial charge in [-0.3, -0.25) is 4.90 Å². The first-order chi connectivity index (χ1) is 9.60. The summed E-state index contributed by atoms with van der Waals surface area (Å²) in [6, 6.07) is 5.07. The largest absolute Gasteiger partial charge is 0.384 e. The van der Waals surface area contributed by atoms with Crippen molar-refractivity contribution in [3.63, 3.8) is 0 Å². The van der Waals surface area contributed by atoms with Crippen molar-refractivity contribution in [2.75, 3.05) is 19.7 Å². The third-order valence-electron chi connectivity index (χ3n) is 4.01. The highest BCUT2D eigenvalue weighted by atomic mass is 19.1. The molecule has 1 aliphatic rings. The number of nitrogens with zero attached hydrogens (tertiary/aromatic N) is 1. The highest BCUT2D eigenvalue weighted by Gasteiger charge is 2.25. The maximum atomic E-state index is 14.0. The molecule has 3 heteroatoms. The highest BCUT2D eigenvalue weighted by Crippen LogP contribution is 2.25. The van der Waals surface area contributed by atoms with Crippen molar-refractivity contribution in [1.82, 2.24) is 4.90 Å². The number of aliphatic hydroxyl groups excluding tert-OH is 1. The van der Waals surface area contributed by atoms with E-state index >= 15 is 0 Å². The summed E-state index contributed by atoms with van der Waals surface area (Å²) in [6.07, 6.45) is 1.21. The van der Waals surface area contributed by atoms with Crippen molar-refractivity contribution < 1.29 is 9.50 Å². The Morgan fingerprint density at radius 3 is 2.85 bits per heavy atom. The SMILES string of the molecule is CC(C)C1CCN(Cc2ccc(C#CCO)cc2F)C1. The lowest BCUT2D eigenvalue weighted by Crippen LogP contribution is -2.22. The molecule has 108 valence electrons. The van der Waals surface area contributed by atoms with Gasteiger partial charge in [0.2, 0.25) is 0 Å². The van der Waals surface area contributed by atoms with Gasteiger partial charge < -0.3 is 5.11 Å². The fraction of sp³-hybridized carbons (Fsp3) is 0.529. The molecule has 0 aliphatic carbocycles.